The van der Waals surface area contributed by atoms with Gasteiger partial charge in [0.25, 0.3) is 0 Å². The first-order valence-corrected chi connectivity index (χ1v) is 4.78. The summed E-state index contributed by atoms with van der Waals surface area (Å²) < 4.78 is 102. The van der Waals surface area contributed by atoms with E-state index in [1.165, 1.54) is 5.32 Å². The smallest absolute Gasteiger partial charge is 0.308 e. The molecule has 0 aromatic heterocycles. The lowest BCUT2D eigenvalue weighted by Crippen LogP contribution is -2.47. The molecular formula is C10H7F8N. The summed E-state index contributed by atoms with van der Waals surface area (Å²) in [6.07, 6.45) is -6.02. The third kappa shape index (κ3) is 2.80. The number of hydrogen-bond donors (Lipinski definition) is 1. The van der Waals surface area contributed by atoms with Gasteiger partial charge < -0.3 is 5.32 Å². The van der Waals surface area contributed by atoms with Crippen LogP contribution in [0.2, 0.25) is 0 Å². The highest BCUT2D eigenvalue weighted by atomic mass is 19.4. The third-order valence-electron chi connectivity index (χ3n) is 2.36. The number of alkyl halides is 5. The molecule has 0 amide bonds. The fourth-order valence-corrected chi connectivity index (χ4v) is 1.50. The molecule has 0 radical (unpaired) electrons. The Morgan fingerprint density at radius 3 is 1.68 bits per heavy atom. The van der Waals surface area contributed by atoms with Gasteiger partial charge in [-0.1, -0.05) is 0 Å². The number of halogens is 8. The van der Waals surface area contributed by atoms with Gasteiger partial charge in [-0.25, -0.2) is 13.2 Å². The number of benzene rings is 1. The van der Waals surface area contributed by atoms with Crippen molar-refractivity contribution >= 4 is 0 Å². The molecule has 0 aliphatic carbocycles. The minimum Gasteiger partial charge on any atom is -0.308 e. The molecule has 1 nitrogen and oxygen atoms in total. The summed E-state index contributed by atoms with van der Waals surface area (Å²) in [4.78, 5) is 0. The standard InChI is InChI=1S/C10H7F8N/c1-19-8(9(14,15)10(16,17)18)7-5(12)2-4(11)3-6(7)13/h2-3,8,19H,1H3. The normalized spacial score (nSPS) is 14.6. The Labute approximate surface area is 102 Å². The van der Waals surface area contributed by atoms with Crippen LogP contribution in [-0.2, 0) is 0 Å². The topological polar surface area (TPSA) is 12.0 Å². The fraction of sp³-hybridized carbons (Fsp3) is 0.400. The maximum atomic E-state index is 13.2. The molecule has 0 aliphatic heterocycles. The molecular weight excluding hydrogens is 286 g/mol. The summed E-state index contributed by atoms with van der Waals surface area (Å²) in [5.74, 6) is -10.5. The van der Waals surface area contributed by atoms with Crippen LogP contribution in [0.5, 0.6) is 0 Å². The molecule has 0 aliphatic rings. The van der Waals surface area contributed by atoms with E-state index in [2.05, 4.69) is 0 Å². The fourth-order valence-electron chi connectivity index (χ4n) is 1.50. The minimum atomic E-state index is -6.02. The zero-order valence-corrected chi connectivity index (χ0v) is 9.26. The summed E-state index contributed by atoms with van der Waals surface area (Å²) in [6, 6.07) is -2.96. The highest BCUT2D eigenvalue weighted by molar-refractivity contribution is 5.26. The second kappa shape index (κ2) is 4.95. The molecule has 19 heavy (non-hydrogen) atoms. The molecule has 1 N–H and O–H groups in total. The van der Waals surface area contributed by atoms with Crippen LogP contribution in [0.4, 0.5) is 35.1 Å². The highest BCUT2D eigenvalue weighted by Gasteiger charge is 2.63. The number of nitrogens with one attached hydrogen (secondary N) is 1. The van der Waals surface area contributed by atoms with Crippen LogP contribution in [0.3, 0.4) is 0 Å². The Balaban J connectivity index is 3.41. The van der Waals surface area contributed by atoms with Crippen LogP contribution in [0, 0.1) is 17.5 Å². The van der Waals surface area contributed by atoms with Gasteiger partial charge in [-0.05, 0) is 7.05 Å². The van der Waals surface area contributed by atoms with E-state index < -0.39 is 41.2 Å². The van der Waals surface area contributed by atoms with Crippen LogP contribution < -0.4 is 5.32 Å². The Hall–Kier alpha value is -1.38. The van der Waals surface area contributed by atoms with E-state index in [-0.39, 0.29) is 12.1 Å². The molecule has 1 aromatic rings. The van der Waals surface area contributed by atoms with E-state index in [0.717, 1.165) is 0 Å². The molecule has 0 bridgehead atoms. The first kappa shape index (κ1) is 15.7. The first-order valence-electron chi connectivity index (χ1n) is 4.78. The molecule has 0 spiro atoms. The lowest BCUT2D eigenvalue weighted by molar-refractivity contribution is -0.294. The average molecular weight is 293 g/mol. The molecule has 108 valence electrons. The Kier molecular flexibility index (Phi) is 4.08. The monoisotopic (exact) mass is 293 g/mol. The molecule has 9 heteroatoms. The van der Waals surface area contributed by atoms with E-state index in [4.69, 9.17) is 0 Å². The summed E-state index contributed by atoms with van der Waals surface area (Å²) in [5, 5.41) is 1.49. The van der Waals surface area contributed by atoms with Gasteiger partial charge in [-0.3, -0.25) is 0 Å². The zero-order valence-electron chi connectivity index (χ0n) is 9.26. The maximum absolute atomic E-state index is 13.2. The van der Waals surface area contributed by atoms with Gasteiger partial charge in [-0.2, -0.15) is 22.0 Å². The highest BCUT2D eigenvalue weighted by Crippen LogP contribution is 2.45. The first-order chi connectivity index (χ1) is 8.52. The largest absolute Gasteiger partial charge is 0.455 e. The predicted octanol–water partition coefficient (Wildman–Crippen LogP) is 3.56. The van der Waals surface area contributed by atoms with Crippen molar-refractivity contribution in [2.45, 2.75) is 18.1 Å². The molecule has 0 saturated heterocycles. The van der Waals surface area contributed by atoms with Crippen molar-refractivity contribution < 1.29 is 35.1 Å². The molecule has 0 heterocycles. The van der Waals surface area contributed by atoms with Crippen LogP contribution in [0.25, 0.3) is 0 Å². The predicted molar refractivity (Wildman–Crippen MR) is 49.1 cm³/mol. The second-order valence-electron chi connectivity index (χ2n) is 3.63. The SMILES string of the molecule is CNC(c1c(F)cc(F)cc1F)C(F)(F)C(F)(F)F. The molecule has 0 fully saturated rings. The van der Waals surface area contributed by atoms with Crippen LogP contribution in [0.1, 0.15) is 11.6 Å². The second-order valence-corrected chi connectivity index (χ2v) is 3.63. The zero-order chi connectivity index (χ0) is 15.0. The minimum absolute atomic E-state index is 0.0230. The van der Waals surface area contributed by atoms with Gasteiger partial charge >= 0.3 is 12.1 Å². The Morgan fingerprint density at radius 2 is 1.37 bits per heavy atom. The van der Waals surface area contributed by atoms with Crippen molar-refractivity contribution in [2.24, 2.45) is 0 Å². The summed E-state index contributed by atoms with van der Waals surface area (Å²) >= 11 is 0. The van der Waals surface area contributed by atoms with Gasteiger partial charge in [0.2, 0.25) is 0 Å². The summed E-state index contributed by atoms with van der Waals surface area (Å²) in [5.41, 5.74) is -1.58. The average Bonchev–Trinajstić information content (AvgIpc) is 2.20. The van der Waals surface area contributed by atoms with Gasteiger partial charge in [0.1, 0.15) is 23.5 Å². The van der Waals surface area contributed by atoms with E-state index >= 15 is 0 Å². The maximum Gasteiger partial charge on any atom is 0.455 e. The van der Waals surface area contributed by atoms with Crippen molar-refractivity contribution in [3.8, 4) is 0 Å². The van der Waals surface area contributed by atoms with Gasteiger partial charge in [0.05, 0.1) is 0 Å². The van der Waals surface area contributed by atoms with E-state index in [1.807, 2.05) is 0 Å². The van der Waals surface area contributed by atoms with Gasteiger partial charge in [0.15, 0.2) is 0 Å². The molecule has 1 atom stereocenters. The number of hydrogen-bond acceptors (Lipinski definition) is 1. The quantitative estimate of drug-likeness (QED) is 0.840. The molecule has 1 unspecified atom stereocenters. The van der Waals surface area contributed by atoms with Crippen molar-refractivity contribution in [2.75, 3.05) is 7.05 Å². The lowest BCUT2D eigenvalue weighted by Gasteiger charge is -2.29. The van der Waals surface area contributed by atoms with Crippen molar-refractivity contribution in [1.82, 2.24) is 5.32 Å². The summed E-state index contributed by atoms with van der Waals surface area (Å²) in [7, 11) is 0.673. The lowest BCUT2D eigenvalue weighted by atomic mass is 9.98. The van der Waals surface area contributed by atoms with Crippen LogP contribution in [0.15, 0.2) is 12.1 Å². The molecule has 1 rings (SSSR count). The Morgan fingerprint density at radius 1 is 0.947 bits per heavy atom. The van der Waals surface area contributed by atoms with Crippen molar-refractivity contribution in [1.29, 1.82) is 0 Å². The van der Waals surface area contributed by atoms with Crippen molar-refractivity contribution in [3.63, 3.8) is 0 Å². The van der Waals surface area contributed by atoms with Gasteiger partial charge in [0, 0.05) is 17.7 Å². The van der Waals surface area contributed by atoms with E-state index in [9.17, 15) is 35.1 Å². The van der Waals surface area contributed by atoms with Crippen LogP contribution in [-0.4, -0.2) is 19.1 Å². The van der Waals surface area contributed by atoms with E-state index in [1.54, 1.807) is 0 Å². The third-order valence-corrected chi connectivity index (χ3v) is 2.36. The molecule has 0 saturated carbocycles. The molecule has 1 aromatic carbocycles. The van der Waals surface area contributed by atoms with Crippen LogP contribution >= 0.6 is 0 Å². The van der Waals surface area contributed by atoms with Crippen molar-refractivity contribution in [3.05, 3.63) is 35.1 Å². The van der Waals surface area contributed by atoms with E-state index in [0.29, 0.717) is 7.05 Å². The van der Waals surface area contributed by atoms with Gasteiger partial charge in [-0.15, -0.1) is 0 Å². The number of rotatable bonds is 3. The Bertz CT molecular complexity index is 444. The summed E-state index contributed by atoms with van der Waals surface area (Å²) in [6.45, 7) is 0.